The van der Waals surface area contributed by atoms with Gasteiger partial charge in [-0.1, -0.05) is 24.6 Å². The molecule has 0 aliphatic rings. The van der Waals surface area contributed by atoms with E-state index in [1.165, 1.54) is 0 Å². The molecule has 120 valence electrons. The van der Waals surface area contributed by atoms with Crippen LogP contribution in [0.15, 0.2) is 18.2 Å². The highest BCUT2D eigenvalue weighted by Gasteiger charge is 2.27. The van der Waals surface area contributed by atoms with Crippen LogP contribution in [0, 0.1) is 6.92 Å². The van der Waals surface area contributed by atoms with Crippen molar-refractivity contribution in [2.24, 2.45) is 0 Å². The fourth-order valence-electron chi connectivity index (χ4n) is 1.78. The molecule has 0 saturated heterocycles. The molecule has 0 amide bonds. The smallest absolute Gasteiger partial charge is 0.411 e. The molecular weight excluding hydrogens is 283 g/mol. The monoisotopic (exact) mass is 305 g/mol. The van der Waals surface area contributed by atoms with Crippen LogP contribution in [0.2, 0.25) is 0 Å². The van der Waals surface area contributed by atoms with Gasteiger partial charge >= 0.3 is 6.18 Å². The zero-order valence-corrected chi connectivity index (χ0v) is 12.4. The summed E-state index contributed by atoms with van der Waals surface area (Å²) < 4.78 is 45.8. The minimum absolute atomic E-state index is 0.0356. The zero-order valence-electron chi connectivity index (χ0n) is 12.4. The Bertz CT molecular complexity index is 422. The predicted octanol–water partition coefficient (Wildman–Crippen LogP) is 3.45. The molecule has 0 fully saturated rings. The van der Waals surface area contributed by atoms with Crippen molar-refractivity contribution in [2.75, 3.05) is 26.4 Å². The van der Waals surface area contributed by atoms with Crippen molar-refractivity contribution in [3.63, 3.8) is 0 Å². The molecular formula is C15H22F3NO2. The van der Waals surface area contributed by atoms with Crippen LogP contribution in [-0.4, -0.2) is 32.5 Å². The van der Waals surface area contributed by atoms with Crippen LogP contribution in [-0.2, 0) is 11.3 Å². The number of hydrogen-bond acceptors (Lipinski definition) is 3. The average Bonchev–Trinajstić information content (AvgIpc) is 2.40. The maximum Gasteiger partial charge on any atom is 0.411 e. The van der Waals surface area contributed by atoms with Gasteiger partial charge < -0.3 is 14.8 Å². The van der Waals surface area contributed by atoms with E-state index in [4.69, 9.17) is 4.74 Å². The maximum absolute atomic E-state index is 11.9. The number of nitrogens with one attached hydrogen (secondary N) is 1. The van der Waals surface area contributed by atoms with Gasteiger partial charge in [0.25, 0.3) is 0 Å². The number of aryl methyl sites for hydroxylation is 1. The molecule has 6 heteroatoms. The summed E-state index contributed by atoms with van der Waals surface area (Å²) in [7, 11) is 0. The van der Waals surface area contributed by atoms with E-state index < -0.39 is 12.8 Å². The van der Waals surface area contributed by atoms with E-state index in [1.807, 2.05) is 32.0 Å². The van der Waals surface area contributed by atoms with Gasteiger partial charge in [-0.25, -0.2) is 0 Å². The Kier molecular flexibility index (Phi) is 7.53. The van der Waals surface area contributed by atoms with Crippen molar-refractivity contribution in [1.29, 1.82) is 0 Å². The number of ether oxygens (including phenoxy) is 2. The van der Waals surface area contributed by atoms with Crippen molar-refractivity contribution in [1.82, 2.24) is 5.32 Å². The van der Waals surface area contributed by atoms with E-state index >= 15 is 0 Å². The number of rotatable bonds is 9. The van der Waals surface area contributed by atoms with E-state index in [2.05, 4.69) is 10.1 Å². The summed E-state index contributed by atoms with van der Waals surface area (Å²) in [5.41, 5.74) is 2.19. The molecule has 0 bridgehead atoms. The molecule has 1 aromatic carbocycles. The summed E-state index contributed by atoms with van der Waals surface area (Å²) in [6.07, 6.45) is -3.85. The highest BCUT2D eigenvalue weighted by atomic mass is 19.4. The lowest BCUT2D eigenvalue weighted by molar-refractivity contribution is -0.174. The lowest BCUT2D eigenvalue weighted by Crippen LogP contribution is -2.18. The van der Waals surface area contributed by atoms with E-state index in [-0.39, 0.29) is 6.61 Å². The number of benzene rings is 1. The van der Waals surface area contributed by atoms with Crippen molar-refractivity contribution >= 4 is 0 Å². The zero-order chi connectivity index (χ0) is 15.7. The van der Waals surface area contributed by atoms with Gasteiger partial charge in [-0.15, -0.1) is 0 Å². The average molecular weight is 305 g/mol. The van der Waals surface area contributed by atoms with Gasteiger partial charge in [0.2, 0.25) is 0 Å². The number of hydrogen-bond donors (Lipinski definition) is 1. The van der Waals surface area contributed by atoms with Gasteiger partial charge in [0.15, 0.2) is 0 Å². The first-order valence-electron chi connectivity index (χ1n) is 7.00. The molecule has 0 aliphatic carbocycles. The van der Waals surface area contributed by atoms with Gasteiger partial charge in [0, 0.05) is 18.5 Å². The molecule has 0 saturated carbocycles. The second kappa shape index (κ2) is 8.89. The number of alkyl halides is 3. The molecule has 3 nitrogen and oxygen atoms in total. The maximum atomic E-state index is 11.9. The fraction of sp³-hybridized carbons (Fsp3) is 0.600. The predicted molar refractivity (Wildman–Crippen MR) is 75.5 cm³/mol. The molecule has 1 aromatic rings. The highest BCUT2D eigenvalue weighted by molar-refractivity contribution is 5.36. The van der Waals surface area contributed by atoms with Crippen LogP contribution in [0.4, 0.5) is 13.2 Å². The summed E-state index contributed by atoms with van der Waals surface area (Å²) in [4.78, 5) is 0. The minimum atomic E-state index is -4.27. The Balaban J connectivity index is 2.34. The van der Waals surface area contributed by atoms with Crippen LogP contribution in [0.25, 0.3) is 0 Å². The molecule has 0 aromatic heterocycles. The normalized spacial score (nSPS) is 11.7. The second-order valence-electron chi connectivity index (χ2n) is 4.76. The lowest BCUT2D eigenvalue weighted by atomic mass is 10.1. The summed E-state index contributed by atoms with van der Waals surface area (Å²) in [6.45, 7) is 4.76. The molecule has 0 atom stereocenters. The first kappa shape index (κ1) is 17.8. The minimum Gasteiger partial charge on any atom is -0.493 e. The van der Waals surface area contributed by atoms with E-state index in [0.29, 0.717) is 19.6 Å². The summed E-state index contributed by atoms with van der Waals surface area (Å²) in [5, 5.41) is 3.23. The lowest BCUT2D eigenvalue weighted by Gasteiger charge is -2.13. The second-order valence-corrected chi connectivity index (χ2v) is 4.76. The van der Waals surface area contributed by atoms with E-state index in [9.17, 15) is 13.2 Å². The Hall–Kier alpha value is -1.27. The standard InChI is InChI=1S/C15H22F3NO2/c1-3-19-10-13-9-12(2)5-6-14(13)21-8-4-7-20-11-15(16,17)18/h5-6,9,19H,3-4,7-8,10-11H2,1-2H3. The van der Waals surface area contributed by atoms with Gasteiger partial charge in [-0.05, 0) is 19.5 Å². The van der Waals surface area contributed by atoms with Crippen molar-refractivity contribution in [3.05, 3.63) is 29.3 Å². The third-order valence-corrected chi connectivity index (χ3v) is 2.74. The number of halogens is 3. The quantitative estimate of drug-likeness (QED) is 0.709. The molecule has 21 heavy (non-hydrogen) atoms. The molecule has 0 aliphatic heterocycles. The molecule has 0 unspecified atom stereocenters. The van der Waals surface area contributed by atoms with E-state index in [1.54, 1.807) is 0 Å². The van der Waals surface area contributed by atoms with Crippen LogP contribution in [0.3, 0.4) is 0 Å². The largest absolute Gasteiger partial charge is 0.493 e. The van der Waals surface area contributed by atoms with Crippen molar-refractivity contribution in [3.8, 4) is 5.75 Å². The van der Waals surface area contributed by atoms with E-state index in [0.717, 1.165) is 23.4 Å². The Morgan fingerprint density at radius 2 is 1.95 bits per heavy atom. The molecule has 0 radical (unpaired) electrons. The Labute approximate surface area is 123 Å². The molecule has 0 spiro atoms. The fourth-order valence-corrected chi connectivity index (χ4v) is 1.78. The van der Waals surface area contributed by atoms with Gasteiger partial charge in [-0.3, -0.25) is 0 Å². The third kappa shape index (κ3) is 7.92. The van der Waals surface area contributed by atoms with Gasteiger partial charge in [0.05, 0.1) is 13.2 Å². The summed E-state index contributed by atoms with van der Waals surface area (Å²) >= 11 is 0. The first-order chi connectivity index (χ1) is 9.92. The van der Waals surface area contributed by atoms with Crippen LogP contribution < -0.4 is 10.1 Å². The Morgan fingerprint density at radius 1 is 1.19 bits per heavy atom. The first-order valence-corrected chi connectivity index (χ1v) is 7.00. The molecule has 0 heterocycles. The summed E-state index contributed by atoms with van der Waals surface area (Å²) in [5.74, 6) is 0.761. The van der Waals surface area contributed by atoms with Crippen LogP contribution >= 0.6 is 0 Å². The topological polar surface area (TPSA) is 30.5 Å². The van der Waals surface area contributed by atoms with Gasteiger partial charge in [-0.2, -0.15) is 13.2 Å². The highest BCUT2D eigenvalue weighted by Crippen LogP contribution is 2.20. The van der Waals surface area contributed by atoms with Crippen molar-refractivity contribution < 1.29 is 22.6 Å². The molecule has 1 rings (SSSR count). The van der Waals surface area contributed by atoms with Crippen LogP contribution in [0.1, 0.15) is 24.5 Å². The van der Waals surface area contributed by atoms with Crippen LogP contribution in [0.5, 0.6) is 5.75 Å². The SMILES string of the molecule is CCNCc1cc(C)ccc1OCCCOCC(F)(F)F. The molecule has 1 N–H and O–H groups in total. The van der Waals surface area contributed by atoms with Gasteiger partial charge in [0.1, 0.15) is 12.4 Å². The van der Waals surface area contributed by atoms with Crippen molar-refractivity contribution in [2.45, 2.75) is 33.0 Å². The Morgan fingerprint density at radius 3 is 2.62 bits per heavy atom. The third-order valence-electron chi connectivity index (χ3n) is 2.74. The summed E-state index contributed by atoms with van der Waals surface area (Å²) in [6, 6.07) is 5.88.